The molecule has 0 aliphatic rings. The molecule has 4 nitrogen and oxygen atoms in total. The maximum atomic E-state index is 11.0. The van der Waals surface area contributed by atoms with Gasteiger partial charge in [0.1, 0.15) is 0 Å². The number of hydrogen-bond donors (Lipinski definition) is 2. The standard InChI is InChI=1S/C22H18O4/c23-19(24)11-7-13-1-3-15-5-10-18-14(8-12-20(25)26)2-4-16-6-9-17(13)21(15)22(16)18/h1-6,9-10H,7-8,11-12H2,(H,23,24)(H,25,26). The molecule has 0 radical (unpaired) electrons. The van der Waals surface area contributed by atoms with Crippen molar-refractivity contribution < 1.29 is 19.8 Å². The smallest absolute Gasteiger partial charge is 0.303 e. The first kappa shape index (κ1) is 16.3. The van der Waals surface area contributed by atoms with Gasteiger partial charge in [0.25, 0.3) is 0 Å². The van der Waals surface area contributed by atoms with Crippen LogP contribution in [0.1, 0.15) is 24.0 Å². The summed E-state index contributed by atoms with van der Waals surface area (Å²) in [5.74, 6) is -1.60. The molecule has 0 amide bonds. The average molecular weight is 346 g/mol. The summed E-state index contributed by atoms with van der Waals surface area (Å²) >= 11 is 0. The van der Waals surface area contributed by atoms with E-state index in [0.29, 0.717) is 12.8 Å². The van der Waals surface area contributed by atoms with Gasteiger partial charge >= 0.3 is 11.9 Å². The van der Waals surface area contributed by atoms with Crippen LogP contribution in [0.25, 0.3) is 32.3 Å². The molecular formula is C22H18O4. The number of aryl methyl sites for hydroxylation is 2. The Labute approximate surface area is 150 Å². The molecule has 0 bridgehead atoms. The number of benzene rings is 4. The van der Waals surface area contributed by atoms with Crippen molar-refractivity contribution in [2.75, 3.05) is 0 Å². The van der Waals surface area contributed by atoms with E-state index in [1.165, 1.54) is 0 Å². The van der Waals surface area contributed by atoms with Gasteiger partial charge in [-0.15, -0.1) is 0 Å². The lowest BCUT2D eigenvalue weighted by atomic mass is 9.88. The van der Waals surface area contributed by atoms with Crippen LogP contribution in [0.2, 0.25) is 0 Å². The van der Waals surface area contributed by atoms with Gasteiger partial charge in [-0.25, -0.2) is 0 Å². The summed E-state index contributed by atoms with van der Waals surface area (Å²) in [6, 6.07) is 16.4. The van der Waals surface area contributed by atoms with E-state index in [0.717, 1.165) is 43.4 Å². The maximum Gasteiger partial charge on any atom is 0.303 e. The van der Waals surface area contributed by atoms with Crippen molar-refractivity contribution in [3.8, 4) is 0 Å². The number of carboxylic acid groups (broad SMARTS) is 2. The quantitative estimate of drug-likeness (QED) is 0.500. The normalized spacial score (nSPS) is 11.5. The molecule has 4 aromatic rings. The third-order valence-corrected chi connectivity index (χ3v) is 5.06. The van der Waals surface area contributed by atoms with Gasteiger partial charge in [0.05, 0.1) is 0 Å². The van der Waals surface area contributed by atoms with Gasteiger partial charge in [0.2, 0.25) is 0 Å². The third-order valence-electron chi connectivity index (χ3n) is 5.06. The predicted octanol–water partition coefficient (Wildman–Crippen LogP) is 4.62. The Morgan fingerprint density at radius 3 is 1.38 bits per heavy atom. The van der Waals surface area contributed by atoms with Crippen LogP contribution in [0.5, 0.6) is 0 Å². The number of hydrogen-bond acceptors (Lipinski definition) is 2. The molecule has 0 saturated carbocycles. The van der Waals surface area contributed by atoms with Crippen LogP contribution in [0, 0.1) is 0 Å². The molecule has 0 aliphatic heterocycles. The molecule has 4 heteroatoms. The molecule has 0 heterocycles. The second-order valence-corrected chi connectivity index (χ2v) is 6.66. The van der Waals surface area contributed by atoms with E-state index >= 15 is 0 Å². The summed E-state index contributed by atoms with van der Waals surface area (Å²) in [6.45, 7) is 0. The molecule has 0 fully saturated rings. The van der Waals surface area contributed by atoms with Crippen molar-refractivity contribution in [2.45, 2.75) is 25.7 Å². The lowest BCUT2D eigenvalue weighted by Gasteiger charge is -2.15. The summed E-state index contributed by atoms with van der Waals surface area (Å²) in [7, 11) is 0. The first-order valence-corrected chi connectivity index (χ1v) is 8.66. The van der Waals surface area contributed by atoms with Gasteiger partial charge in [-0.05, 0) is 56.3 Å². The van der Waals surface area contributed by atoms with Gasteiger partial charge in [-0.3, -0.25) is 9.59 Å². The SMILES string of the molecule is O=C(O)CCc1ccc2ccc3c(CCC(=O)O)ccc4ccc1c2c43. The molecule has 26 heavy (non-hydrogen) atoms. The topological polar surface area (TPSA) is 74.6 Å². The van der Waals surface area contributed by atoms with Gasteiger partial charge in [0.15, 0.2) is 0 Å². The minimum absolute atomic E-state index is 0.105. The zero-order valence-corrected chi connectivity index (χ0v) is 14.2. The molecule has 0 aliphatic carbocycles. The van der Waals surface area contributed by atoms with Crippen LogP contribution in [-0.2, 0) is 22.4 Å². The molecule has 0 unspecified atom stereocenters. The van der Waals surface area contributed by atoms with Gasteiger partial charge in [-0.1, -0.05) is 48.5 Å². The first-order valence-electron chi connectivity index (χ1n) is 8.66. The Balaban J connectivity index is 1.96. The zero-order valence-electron chi connectivity index (χ0n) is 14.2. The Morgan fingerprint density at radius 2 is 1.00 bits per heavy atom. The van der Waals surface area contributed by atoms with Crippen molar-refractivity contribution in [2.24, 2.45) is 0 Å². The van der Waals surface area contributed by atoms with Crippen molar-refractivity contribution in [1.82, 2.24) is 0 Å². The number of carboxylic acids is 2. The molecule has 4 aromatic carbocycles. The second kappa shape index (κ2) is 6.30. The molecule has 0 spiro atoms. The summed E-state index contributed by atoms with van der Waals surface area (Å²) in [5.41, 5.74) is 2.07. The Morgan fingerprint density at radius 1 is 0.615 bits per heavy atom. The Kier molecular flexibility index (Phi) is 3.96. The lowest BCUT2D eigenvalue weighted by Crippen LogP contribution is -2.00. The number of aliphatic carboxylic acids is 2. The largest absolute Gasteiger partial charge is 0.481 e. The van der Waals surface area contributed by atoms with E-state index in [4.69, 9.17) is 10.2 Å². The fraction of sp³-hybridized carbons (Fsp3) is 0.182. The number of rotatable bonds is 6. The van der Waals surface area contributed by atoms with Gasteiger partial charge in [0, 0.05) is 12.8 Å². The molecule has 0 atom stereocenters. The van der Waals surface area contributed by atoms with Gasteiger partial charge < -0.3 is 10.2 Å². The van der Waals surface area contributed by atoms with E-state index in [1.54, 1.807) is 0 Å². The van der Waals surface area contributed by atoms with E-state index < -0.39 is 11.9 Å². The van der Waals surface area contributed by atoms with E-state index in [9.17, 15) is 9.59 Å². The Hall–Kier alpha value is -3.14. The van der Waals surface area contributed by atoms with Crippen molar-refractivity contribution in [3.63, 3.8) is 0 Å². The summed E-state index contributed by atoms with van der Waals surface area (Å²) in [5, 5.41) is 24.7. The van der Waals surface area contributed by atoms with Crippen molar-refractivity contribution in [1.29, 1.82) is 0 Å². The third kappa shape index (κ3) is 2.73. The van der Waals surface area contributed by atoms with Crippen LogP contribution in [0.15, 0.2) is 48.5 Å². The second-order valence-electron chi connectivity index (χ2n) is 6.66. The summed E-state index contributed by atoms with van der Waals surface area (Å²) in [6.07, 6.45) is 1.20. The fourth-order valence-corrected chi connectivity index (χ4v) is 3.84. The maximum absolute atomic E-state index is 11.0. The highest BCUT2D eigenvalue weighted by atomic mass is 16.4. The molecule has 0 saturated heterocycles. The van der Waals surface area contributed by atoms with Crippen molar-refractivity contribution >= 4 is 44.3 Å². The number of carbonyl (C=O) groups is 2. The molecule has 0 aromatic heterocycles. The van der Waals surface area contributed by atoms with Crippen LogP contribution >= 0.6 is 0 Å². The average Bonchev–Trinajstić information content (AvgIpc) is 2.63. The molecule has 130 valence electrons. The van der Waals surface area contributed by atoms with Crippen LogP contribution in [0.4, 0.5) is 0 Å². The Bertz CT molecular complexity index is 1050. The van der Waals surface area contributed by atoms with E-state index in [1.807, 2.05) is 24.3 Å². The summed E-state index contributed by atoms with van der Waals surface area (Å²) < 4.78 is 0. The highest BCUT2D eigenvalue weighted by Gasteiger charge is 2.14. The minimum atomic E-state index is -0.799. The monoisotopic (exact) mass is 346 g/mol. The van der Waals surface area contributed by atoms with Crippen LogP contribution in [-0.4, -0.2) is 22.2 Å². The minimum Gasteiger partial charge on any atom is -0.481 e. The summed E-state index contributed by atoms with van der Waals surface area (Å²) in [4.78, 5) is 21.9. The van der Waals surface area contributed by atoms with Crippen LogP contribution < -0.4 is 0 Å². The van der Waals surface area contributed by atoms with Gasteiger partial charge in [-0.2, -0.15) is 0 Å². The first-order chi connectivity index (χ1) is 12.5. The molecular weight excluding hydrogens is 328 g/mol. The van der Waals surface area contributed by atoms with E-state index in [2.05, 4.69) is 24.3 Å². The fourth-order valence-electron chi connectivity index (χ4n) is 3.84. The van der Waals surface area contributed by atoms with Crippen LogP contribution in [0.3, 0.4) is 0 Å². The zero-order chi connectivity index (χ0) is 18.3. The van der Waals surface area contributed by atoms with E-state index in [-0.39, 0.29) is 12.8 Å². The predicted molar refractivity (Wildman–Crippen MR) is 102 cm³/mol. The highest BCUT2D eigenvalue weighted by Crippen LogP contribution is 2.37. The molecule has 2 N–H and O–H groups in total. The molecule has 4 rings (SSSR count). The highest BCUT2D eigenvalue weighted by molar-refractivity contribution is 6.24. The van der Waals surface area contributed by atoms with Crippen molar-refractivity contribution in [3.05, 3.63) is 59.7 Å². The lowest BCUT2D eigenvalue weighted by molar-refractivity contribution is -0.138.